The molecule has 5 heteroatoms. The number of hydrogen-bond acceptors (Lipinski definition) is 4. The van der Waals surface area contributed by atoms with Crippen molar-refractivity contribution in [2.75, 3.05) is 13.7 Å². The van der Waals surface area contributed by atoms with E-state index in [1.807, 2.05) is 25.1 Å². The zero-order valence-corrected chi connectivity index (χ0v) is 21.8. The molecule has 4 nitrogen and oxygen atoms in total. The lowest BCUT2D eigenvalue weighted by atomic mass is 9.84. The third kappa shape index (κ3) is 5.67. The number of ether oxygens (including phenoxy) is 2. The fourth-order valence-electron chi connectivity index (χ4n) is 5.02. The van der Waals surface area contributed by atoms with Crippen LogP contribution < -0.4 is 9.47 Å². The number of methoxy groups -OCH3 is 1. The maximum Gasteiger partial charge on any atom is 0.137 e. The van der Waals surface area contributed by atoms with Crippen molar-refractivity contribution in [3.63, 3.8) is 0 Å². The van der Waals surface area contributed by atoms with E-state index >= 15 is 0 Å². The second-order valence-corrected chi connectivity index (χ2v) is 9.92. The number of benzene rings is 2. The van der Waals surface area contributed by atoms with Gasteiger partial charge in [0.1, 0.15) is 11.5 Å². The number of aliphatic hydroxyl groups is 1. The van der Waals surface area contributed by atoms with Crippen LogP contribution in [0.3, 0.4) is 0 Å². The van der Waals surface area contributed by atoms with Crippen LogP contribution in [0.1, 0.15) is 75.1 Å². The van der Waals surface area contributed by atoms with Crippen LogP contribution in [0, 0.1) is 13.8 Å². The largest absolute Gasteiger partial charge is 0.495 e. The fraction of sp³-hybridized carbons (Fsp3) is 0.571. The van der Waals surface area contributed by atoms with Crippen LogP contribution in [0.4, 0.5) is 0 Å². The highest BCUT2D eigenvalue weighted by Crippen LogP contribution is 2.40. The molecular weight excluding hydrogens is 434 g/mol. The first kappa shape index (κ1) is 25.9. The number of nitrogens with zero attached hydrogens (tertiary/aromatic N) is 1. The van der Waals surface area contributed by atoms with Gasteiger partial charge in [-0.25, -0.2) is 0 Å². The fourth-order valence-corrected chi connectivity index (χ4v) is 5.22. The molecule has 1 aliphatic heterocycles. The Labute approximate surface area is 204 Å². The third-order valence-electron chi connectivity index (χ3n) is 7.46. The quantitative estimate of drug-likeness (QED) is 0.412. The Morgan fingerprint density at radius 3 is 2.52 bits per heavy atom. The van der Waals surface area contributed by atoms with Crippen LogP contribution in [0.25, 0.3) is 0 Å². The number of likely N-dealkylation sites (tertiary alicyclic amines) is 1. The van der Waals surface area contributed by atoms with Gasteiger partial charge in [0.15, 0.2) is 0 Å². The van der Waals surface area contributed by atoms with Gasteiger partial charge in [0.2, 0.25) is 0 Å². The second-order valence-electron chi connectivity index (χ2n) is 9.51. The first-order valence-electron chi connectivity index (χ1n) is 12.3. The number of rotatable bonds is 10. The Bertz CT molecular complexity index is 947. The first-order chi connectivity index (χ1) is 15.7. The summed E-state index contributed by atoms with van der Waals surface area (Å²) in [5, 5.41) is 12.3. The van der Waals surface area contributed by atoms with E-state index in [-0.39, 0.29) is 0 Å². The van der Waals surface area contributed by atoms with E-state index in [4.69, 9.17) is 21.1 Å². The monoisotopic (exact) mass is 473 g/mol. The van der Waals surface area contributed by atoms with Crippen molar-refractivity contribution in [1.29, 1.82) is 0 Å². The summed E-state index contributed by atoms with van der Waals surface area (Å²) in [6.45, 7) is 12.5. The van der Waals surface area contributed by atoms with Gasteiger partial charge in [-0.05, 0) is 93.3 Å². The van der Waals surface area contributed by atoms with Gasteiger partial charge in [0.25, 0.3) is 0 Å². The molecule has 1 saturated heterocycles. The molecule has 3 unspecified atom stereocenters. The summed E-state index contributed by atoms with van der Waals surface area (Å²) in [5.41, 5.74) is 3.81. The van der Waals surface area contributed by atoms with Crippen molar-refractivity contribution < 1.29 is 14.6 Å². The van der Waals surface area contributed by atoms with Gasteiger partial charge in [0.05, 0.1) is 24.3 Å². The van der Waals surface area contributed by atoms with E-state index in [0.29, 0.717) is 35.7 Å². The summed E-state index contributed by atoms with van der Waals surface area (Å²) in [6.07, 6.45) is 4.56. The Hall–Kier alpha value is -1.75. The van der Waals surface area contributed by atoms with Gasteiger partial charge in [-0.2, -0.15) is 0 Å². The Morgan fingerprint density at radius 2 is 1.85 bits per heavy atom. The molecule has 2 aromatic rings. The predicted octanol–water partition coefficient (Wildman–Crippen LogP) is 6.80. The molecule has 0 spiro atoms. The minimum Gasteiger partial charge on any atom is -0.495 e. The molecule has 1 fully saturated rings. The molecule has 0 aliphatic carbocycles. The molecule has 1 heterocycles. The lowest BCUT2D eigenvalue weighted by molar-refractivity contribution is -0.00415. The Balaban J connectivity index is 1.82. The molecule has 1 N–H and O–H groups in total. The van der Waals surface area contributed by atoms with E-state index in [1.54, 1.807) is 7.11 Å². The minimum absolute atomic E-state index is 0.308. The molecule has 3 rings (SSSR count). The van der Waals surface area contributed by atoms with E-state index in [0.717, 1.165) is 43.7 Å². The highest BCUT2D eigenvalue weighted by molar-refractivity contribution is 6.32. The average molecular weight is 474 g/mol. The van der Waals surface area contributed by atoms with Gasteiger partial charge in [-0.1, -0.05) is 37.6 Å². The highest BCUT2D eigenvalue weighted by Gasteiger charge is 2.38. The Kier molecular flexibility index (Phi) is 8.71. The van der Waals surface area contributed by atoms with Crippen LogP contribution in [0.5, 0.6) is 11.5 Å². The van der Waals surface area contributed by atoms with Crippen LogP contribution in [0.15, 0.2) is 30.3 Å². The Morgan fingerprint density at radius 1 is 1.09 bits per heavy atom. The van der Waals surface area contributed by atoms with Crippen molar-refractivity contribution >= 4 is 11.6 Å². The van der Waals surface area contributed by atoms with Crippen molar-refractivity contribution in [2.24, 2.45) is 0 Å². The van der Waals surface area contributed by atoms with Crippen LogP contribution in [0.2, 0.25) is 5.02 Å². The summed E-state index contributed by atoms with van der Waals surface area (Å²) in [5.74, 6) is 1.59. The molecular formula is C28H40ClNO3. The number of halogens is 1. The zero-order valence-electron chi connectivity index (χ0n) is 21.1. The SMILES string of the molecule is CCCOc1ccc(CN2C(C)CCC2CC(O)(CC)c2ccc(Cl)c(OC)c2)c(C)c1C. The minimum atomic E-state index is -0.923. The highest BCUT2D eigenvalue weighted by atomic mass is 35.5. The summed E-state index contributed by atoms with van der Waals surface area (Å²) in [6, 6.07) is 10.8. The normalized spacial score (nSPS) is 20.6. The topological polar surface area (TPSA) is 41.9 Å². The molecule has 0 saturated carbocycles. The molecule has 1 aliphatic rings. The van der Waals surface area contributed by atoms with Gasteiger partial charge in [-0.3, -0.25) is 4.90 Å². The maximum atomic E-state index is 11.7. The van der Waals surface area contributed by atoms with Crippen molar-refractivity contribution in [1.82, 2.24) is 4.90 Å². The van der Waals surface area contributed by atoms with E-state index in [9.17, 15) is 5.11 Å². The standard InChI is InChI=1S/C28H40ClNO3/c1-7-15-33-26-14-10-22(20(4)21(26)5)18-30-19(3)9-12-24(30)17-28(31,8-2)23-11-13-25(29)27(16-23)32-6/h10-11,13-14,16,19,24,31H,7-9,12,15,17-18H2,1-6H3. The molecule has 2 aromatic carbocycles. The van der Waals surface area contributed by atoms with Gasteiger partial charge in [0, 0.05) is 18.6 Å². The lowest BCUT2D eigenvalue weighted by Crippen LogP contribution is -2.40. The van der Waals surface area contributed by atoms with Crippen LogP contribution in [-0.4, -0.2) is 35.8 Å². The summed E-state index contributed by atoms with van der Waals surface area (Å²) >= 11 is 6.24. The van der Waals surface area contributed by atoms with E-state index in [2.05, 4.69) is 44.7 Å². The maximum absolute atomic E-state index is 11.7. The zero-order chi connectivity index (χ0) is 24.2. The molecule has 0 bridgehead atoms. The first-order valence-corrected chi connectivity index (χ1v) is 12.7. The van der Waals surface area contributed by atoms with Crippen LogP contribution in [-0.2, 0) is 12.1 Å². The molecule has 182 valence electrons. The lowest BCUT2D eigenvalue weighted by Gasteiger charge is -2.36. The molecule has 0 aromatic heterocycles. The molecule has 0 amide bonds. The van der Waals surface area contributed by atoms with Gasteiger partial charge < -0.3 is 14.6 Å². The van der Waals surface area contributed by atoms with Gasteiger partial charge >= 0.3 is 0 Å². The molecule has 3 atom stereocenters. The smallest absolute Gasteiger partial charge is 0.137 e. The summed E-state index contributed by atoms with van der Waals surface area (Å²) in [7, 11) is 1.61. The predicted molar refractivity (Wildman–Crippen MR) is 137 cm³/mol. The van der Waals surface area contributed by atoms with E-state index in [1.165, 1.54) is 16.7 Å². The second kappa shape index (κ2) is 11.1. The number of hydrogen-bond donors (Lipinski definition) is 1. The van der Waals surface area contributed by atoms with Crippen molar-refractivity contribution in [3.8, 4) is 11.5 Å². The molecule has 33 heavy (non-hydrogen) atoms. The summed E-state index contributed by atoms with van der Waals surface area (Å²) in [4.78, 5) is 2.57. The van der Waals surface area contributed by atoms with Crippen molar-refractivity contribution in [3.05, 3.63) is 57.6 Å². The van der Waals surface area contributed by atoms with E-state index < -0.39 is 5.60 Å². The van der Waals surface area contributed by atoms with Crippen molar-refractivity contribution in [2.45, 2.75) is 91.0 Å². The third-order valence-corrected chi connectivity index (χ3v) is 7.78. The average Bonchev–Trinajstić information content (AvgIpc) is 3.15. The summed E-state index contributed by atoms with van der Waals surface area (Å²) < 4.78 is 11.3. The van der Waals surface area contributed by atoms with Gasteiger partial charge in [-0.15, -0.1) is 0 Å². The molecule has 0 radical (unpaired) electrons. The van der Waals surface area contributed by atoms with Crippen LogP contribution >= 0.6 is 11.6 Å².